The Morgan fingerprint density at radius 2 is 1.71 bits per heavy atom. The van der Waals surface area contributed by atoms with Gasteiger partial charge in [0.25, 0.3) is 0 Å². The molecule has 0 saturated carbocycles. The van der Waals surface area contributed by atoms with Crippen molar-refractivity contribution in [3.05, 3.63) is 0 Å². The molecule has 0 aromatic carbocycles. The highest BCUT2D eigenvalue weighted by Crippen LogP contribution is 1.95. The van der Waals surface area contributed by atoms with Gasteiger partial charge in [0.15, 0.2) is 0 Å². The van der Waals surface area contributed by atoms with E-state index in [1.165, 1.54) is 0 Å². The van der Waals surface area contributed by atoms with Gasteiger partial charge in [-0.25, -0.2) is 9.59 Å². The minimum absolute atomic E-state index is 0.224. The Morgan fingerprint density at radius 3 is 2.21 bits per heavy atom. The molecule has 14 heavy (non-hydrogen) atoms. The van der Waals surface area contributed by atoms with Crippen LogP contribution in [0.25, 0.3) is 0 Å². The van der Waals surface area contributed by atoms with Gasteiger partial charge >= 0.3 is 11.9 Å². The molecule has 4 nitrogen and oxygen atoms in total. The first-order valence-electron chi connectivity index (χ1n) is 4.91. The van der Waals surface area contributed by atoms with Gasteiger partial charge in [0.1, 0.15) is 0 Å². The molecule has 0 aliphatic heterocycles. The molecule has 0 spiro atoms. The molecular formula is C10H18O4. The van der Waals surface area contributed by atoms with Crippen LogP contribution in [0.3, 0.4) is 0 Å². The molecule has 0 bridgehead atoms. The molecular weight excluding hydrogens is 184 g/mol. The predicted octanol–water partition coefficient (Wildman–Crippen LogP) is 1.53. The summed E-state index contributed by atoms with van der Waals surface area (Å²) in [4.78, 5) is 21.9. The van der Waals surface area contributed by atoms with E-state index in [0.29, 0.717) is 0 Å². The van der Waals surface area contributed by atoms with E-state index in [9.17, 15) is 9.59 Å². The van der Waals surface area contributed by atoms with Crippen molar-refractivity contribution in [2.24, 2.45) is 5.92 Å². The largest absolute Gasteiger partial charge is 0.457 e. The quantitative estimate of drug-likeness (QED) is 0.385. The number of esters is 2. The summed E-state index contributed by atoms with van der Waals surface area (Å²) >= 11 is 0. The Morgan fingerprint density at radius 1 is 1.14 bits per heavy atom. The van der Waals surface area contributed by atoms with Crippen molar-refractivity contribution in [1.29, 1.82) is 0 Å². The number of carbonyl (C=O) groups excluding carboxylic acids is 2. The third-order valence-electron chi connectivity index (χ3n) is 1.45. The number of hydrogen-bond acceptors (Lipinski definition) is 4. The molecule has 0 unspecified atom stereocenters. The van der Waals surface area contributed by atoms with Gasteiger partial charge in [-0.1, -0.05) is 27.2 Å². The first-order chi connectivity index (χ1) is 6.57. The van der Waals surface area contributed by atoms with E-state index in [4.69, 9.17) is 0 Å². The molecule has 0 atom stereocenters. The third-order valence-corrected chi connectivity index (χ3v) is 1.45. The van der Waals surface area contributed by atoms with Crippen LogP contribution in [0.4, 0.5) is 0 Å². The van der Waals surface area contributed by atoms with Crippen LogP contribution in [0.1, 0.15) is 33.6 Å². The summed E-state index contributed by atoms with van der Waals surface area (Å²) in [5.41, 5.74) is 0. The second kappa shape index (κ2) is 7.35. The predicted molar refractivity (Wildman–Crippen MR) is 51.7 cm³/mol. The molecule has 0 aromatic heterocycles. The average Bonchev–Trinajstić information content (AvgIpc) is 2.14. The normalized spacial score (nSPS) is 10.0. The minimum Gasteiger partial charge on any atom is -0.457 e. The van der Waals surface area contributed by atoms with Crippen molar-refractivity contribution in [3.63, 3.8) is 0 Å². The molecule has 0 aromatic rings. The maximum absolute atomic E-state index is 10.9. The van der Waals surface area contributed by atoms with Gasteiger partial charge in [0.2, 0.25) is 0 Å². The summed E-state index contributed by atoms with van der Waals surface area (Å²) in [6.07, 6.45) is 1.69. The van der Waals surface area contributed by atoms with Crippen molar-refractivity contribution >= 4 is 11.9 Å². The molecule has 0 saturated heterocycles. The lowest BCUT2D eigenvalue weighted by atomic mass is 10.2. The Balaban J connectivity index is 3.60. The molecule has 0 aliphatic rings. The van der Waals surface area contributed by atoms with Gasteiger partial charge in [0, 0.05) is 0 Å². The molecule has 0 N–H and O–H groups in total. The first-order valence-corrected chi connectivity index (χ1v) is 4.91. The van der Waals surface area contributed by atoms with Crippen LogP contribution in [0.5, 0.6) is 0 Å². The zero-order chi connectivity index (χ0) is 11.0. The van der Waals surface area contributed by atoms with Crippen LogP contribution < -0.4 is 0 Å². The van der Waals surface area contributed by atoms with Crippen molar-refractivity contribution in [1.82, 2.24) is 0 Å². The standard InChI is InChI=1S/C10H18O4/c1-4-5-6-13-9(11)10(12)14-7-8(2)3/h8H,4-7H2,1-3H3. The fourth-order valence-corrected chi connectivity index (χ4v) is 0.669. The summed E-state index contributed by atoms with van der Waals surface area (Å²) in [7, 11) is 0. The highest BCUT2D eigenvalue weighted by Gasteiger charge is 2.16. The van der Waals surface area contributed by atoms with Crippen molar-refractivity contribution in [2.45, 2.75) is 33.6 Å². The van der Waals surface area contributed by atoms with Crippen LogP contribution in [0.2, 0.25) is 0 Å². The van der Waals surface area contributed by atoms with Crippen LogP contribution in [0, 0.1) is 5.92 Å². The number of carbonyl (C=O) groups is 2. The second-order valence-electron chi connectivity index (χ2n) is 3.48. The van der Waals surface area contributed by atoms with Crippen LogP contribution in [-0.2, 0) is 19.1 Å². The van der Waals surface area contributed by atoms with E-state index < -0.39 is 11.9 Å². The fraction of sp³-hybridized carbons (Fsp3) is 0.800. The molecule has 4 heteroatoms. The molecule has 0 radical (unpaired) electrons. The minimum atomic E-state index is -0.894. The van der Waals surface area contributed by atoms with E-state index in [2.05, 4.69) is 9.47 Å². The van der Waals surface area contributed by atoms with E-state index in [0.717, 1.165) is 12.8 Å². The monoisotopic (exact) mass is 202 g/mol. The summed E-state index contributed by atoms with van der Waals surface area (Å²) in [5.74, 6) is -1.56. The second-order valence-corrected chi connectivity index (χ2v) is 3.48. The molecule has 0 aliphatic carbocycles. The molecule has 0 heterocycles. The Labute approximate surface area is 84.6 Å². The lowest BCUT2D eigenvalue weighted by Gasteiger charge is -2.06. The van der Waals surface area contributed by atoms with Gasteiger partial charge in [-0.05, 0) is 12.3 Å². The average molecular weight is 202 g/mol. The first kappa shape index (κ1) is 12.9. The van der Waals surface area contributed by atoms with Crippen LogP contribution in [-0.4, -0.2) is 25.2 Å². The van der Waals surface area contributed by atoms with E-state index in [1.807, 2.05) is 20.8 Å². The van der Waals surface area contributed by atoms with Gasteiger partial charge in [-0.15, -0.1) is 0 Å². The summed E-state index contributed by atoms with van der Waals surface area (Å²) < 4.78 is 9.35. The SMILES string of the molecule is CCCCOC(=O)C(=O)OCC(C)C. The van der Waals surface area contributed by atoms with E-state index in [1.54, 1.807) is 0 Å². The fourth-order valence-electron chi connectivity index (χ4n) is 0.669. The topological polar surface area (TPSA) is 52.6 Å². The van der Waals surface area contributed by atoms with Crippen molar-refractivity contribution in [2.75, 3.05) is 13.2 Å². The molecule has 0 fully saturated rings. The Kier molecular flexibility index (Phi) is 6.80. The number of ether oxygens (including phenoxy) is 2. The smallest absolute Gasteiger partial charge is 0.417 e. The highest BCUT2D eigenvalue weighted by molar-refractivity contribution is 6.29. The van der Waals surface area contributed by atoms with Crippen LogP contribution >= 0.6 is 0 Å². The Hall–Kier alpha value is -1.06. The number of hydrogen-bond donors (Lipinski definition) is 0. The lowest BCUT2D eigenvalue weighted by molar-refractivity contribution is -0.168. The van der Waals surface area contributed by atoms with Gasteiger partial charge in [-0.3, -0.25) is 0 Å². The third kappa shape index (κ3) is 6.46. The molecule has 82 valence electrons. The highest BCUT2D eigenvalue weighted by atomic mass is 16.6. The zero-order valence-electron chi connectivity index (χ0n) is 9.04. The molecule has 0 rings (SSSR count). The maximum atomic E-state index is 10.9. The molecule has 0 amide bonds. The van der Waals surface area contributed by atoms with Crippen molar-refractivity contribution < 1.29 is 19.1 Å². The van der Waals surface area contributed by atoms with Crippen molar-refractivity contribution in [3.8, 4) is 0 Å². The van der Waals surface area contributed by atoms with E-state index >= 15 is 0 Å². The summed E-state index contributed by atoms with van der Waals surface area (Å²) in [5, 5.41) is 0. The summed E-state index contributed by atoms with van der Waals surface area (Å²) in [6.45, 7) is 6.31. The maximum Gasteiger partial charge on any atom is 0.417 e. The zero-order valence-corrected chi connectivity index (χ0v) is 9.04. The number of unbranched alkanes of at least 4 members (excludes halogenated alkanes) is 1. The van der Waals surface area contributed by atoms with Gasteiger partial charge in [-0.2, -0.15) is 0 Å². The van der Waals surface area contributed by atoms with Gasteiger partial charge < -0.3 is 9.47 Å². The van der Waals surface area contributed by atoms with Crippen LogP contribution in [0.15, 0.2) is 0 Å². The van der Waals surface area contributed by atoms with Gasteiger partial charge in [0.05, 0.1) is 13.2 Å². The lowest BCUT2D eigenvalue weighted by Crippen LogP contribution is -2.22. The Bertz CT molecular complexity index is 187. The number of rotatable bonds is 5. The van der Waals surface area contributed by atoms with E-state index in [-0.39, 0.29) is 19.1 Å². The summed E-state index contributed by atoms with van der Waals surface area (Å²) in [6, 6.07) is 0.